The van der Waals surface area contributed by atoms with E-state index in [1.54, 1.807) is 6.26 Å². The van der Waals surface area contributed by atoms with Crippen molar-refractivity contribution in [1.29, 1.82) is 0 Å². The van der Waals surface area contributed by atoms with Crippen molar-refractivity contribution in [3.63, 3.8) is 0 Å². The van der Waals surface area contributed by atoms with E-state index in [0.717, 1.165) is 24.3 Å². The Hall–Kier alpha value is -2.00. The molecule has 3 aromatic rings. The van der Waals surface area contributed by atoms with Crippen LogP contribution in [0, 0.1) is 0 Å². The summed E-state index contributed by atoms with van der Waals surface area (Å²) in [7, 11) is 0. The van der Waals surface area contributed by atoms with Crippen LogP contribution in [0.5, 0.6) is 0 Å². The molecule has 4 rings (SSSR count). The molecule has 3 heterocycles. The molecule has 108 valence electrons. The first-order valence-corrected chi connectivity index (χ1v) is 7.76. The lowest BCUT2D eigenvalue weighted by Crippen LogP contribution is -2.21. The molecule has 0 radical (unpaired) electrons. The second-order valence-electron chi connectivity index (χ2n) is 5.85. The van der Waals surface area contributed by atoms with Gasteiger partial charge in [-0.3, -0.25) is 0 Å². The predicted octanol–water partition coefficient (Wildman–Crippen LogP) is 4.07. The molecular formula is C18H20N2O. The zero-order chi connectivity index (χ0) is 14.1. The van der Waals surface area contributed by atoms with Gasteiger partial charge in [-0.05, 0) is 68.2 Å². The van der Waals surface area contributed by atoms with Crippen molar-refractivity contribution in [3.8, 4) is 11.3 Å². The van der Waals surface area contributed by atoms with E-state index < -0.39 is 0 Å². The molecule has 3 nitrogen and oxygen atoms in total. The smallest absolute Gasteiger partial charge is 0.133 e. The Morgan fingerprint density at radius 2 is 2.05 bits per heavy atom. The minimum absolute atomic E-state index is 0.934. The van der Waals surface area contributed by atoms with Gasteiger partial charge in [0, 0.05) is 29.2 Å². The van der Waals surface area contributed by atoms with Crippen LogP contribution in [-0.4, -0.2) is 29.5 Å². The van der Waals surface area contributed by atoms with E-state index in [4.69, 9.17) is 4.42 Å². The Bertz CT molecular complexity index is 721. The van der Waals surface area contributed by atoms with Crippen LogP contribution >= 0.6 is 0 Å². The first-order chi connectivity index (χ1) is 10.4. The standard InChI is InChI=1S/C18H20N2O/c1-2-9-20(8-1)10-7-15-13-19-17-6-5-14(12-16(15)17)18-4-3-11-21-18/h3-6,11-13,19H,1-2,7-10H2. The predicted molar refractivity (Wildman–Crippen MR) is 85.4 cm³/mol. The molecule has 0 bridgehead atoms. The van der Waals surface area contributed by atoms with Crippen LogP contribution < -0.4 is 0 Å². The summed E-state index contributed by atoms with van der Waals surface area (Å²) in [5.74, 6) is 0.934. The number of nitrogens with one attached hydrogen (secondary N) is 1. The van der Waals surface area contributed by atoms with Gasteiger partial charge >= 0.3 is 0 Å². The summed E-state index contributed by atoms with van der Waals surface area (Å²) in [5, 5.41) is 1.32. The van der Waals surface area contributed by atoms with E-state index in [0.29, 0.717) is 0 Å². The minimum atomic E-state index is 0.934. The van der Waals surface area contributed by atoms with E-state index in [2.05, 4.69) is 34.3 Å². The molecule has 21 heavy (non-hydrogen) atoms. The number of benzene rings is 1. The maximum absolute atomic E-state index is 5.51. The third-order valence-electron chi connectivity index (χ3n) is 4.47. The average Bonchev–Trinajstić information content (AvgIpc) is 3.25. The van der Waals surface area contributed by atoms with Gasteiger partial charge in [-0.25, -0.2) is 0 Å². The number of furan rings is 1. The molecule has 3 heteroatoms. The zero-order valence-electron chi connectivity index (χ0n) is 12.1. The molecule has 1 N–H and O–H groups in total. The van der Waals surface area contributed by atoms with Gasteiger partial charge < -0.3 is 14.3 Å². The number of hydrogen-bond acceptors (Lipinski definition) is 2. The van der Waals surface area contributed by atoms with Crippen LogP contribution in [0.25, 0.3) is 22.2 Å². The average molecular weight is 280 g/mol. The minimum Gasteiger partial charge on any atom is -0.464 e. The monoisotopic (exact) mass is 280 g/mol. The van der Waals surface area contributed by atoms with Gasteiger partial charge in [0.05, 0.1) is 6.26 Å². The van der Waals surface area contributed by atoms with Crippen LogP contribution in [0.15, 0.2) is 47.2 Å². The summed E-state index contributed by atoms with van der Waals surface area (Å²) in [4.78, 5) is 5.95. The second-order valence-corrected chi connectivity index (χ2v) is 5.85. The van der Waals surface area contributed by atoms with Gasteiger partial charge in [0.15, 0.2) is 0 Å². The molecule has 0 saturated carbocycles. The number of fused-ring (bicyclic) bond motifs is 1. The highest BCUT2D eigenvalue weighted by Gasteiger charge is 2.13. The van der Waals surface area contributed by atoms with Crippen LogP contribution in [0.2, 0.25) is 0 Å². The zero-order valence-corrected chi connectivity index (χ0v) is 12.1. The number of likely N-dealkylation sites (tertiary alicyclic amines) is 1. The topological polar surface area (TPSA) is 32.2 Å². The molecule has 2 aromatic heterocycles. The maximum atomic E-state index is 5.51. The van der Waals surface area contributed by atoms with Gasteiger partial charge in [0.2, 0.25) is 0 Å². The van der Waals surface area contributed by atoms with E-state index in [-0.39, 0.29) is 0 Å². The Labute approximate surface area is 124 Å². The van der Waals surface area contributed by atoms with E-state index in [9.17, 15) is 0 Å². The molecule has 0 spiro atoms. The Morgan fingerprint density at radius 3 is 2.86 bits per heavy atom. The molecule has 1 aliphatic heterocycles. The molecule has 0 unspecified atom stereocenters. The van der Waals surface area contributed by atoms with Crippen molar-refractivity contribution in [2.24, 2.45) is 0 Å². The molecule has 1 aliphatic rings. The van der Waals surface area contributed by atoms with Crippen LogP contribution in [-0.2, 0) is 6.42 Å². The fourth-order valence-electron chi connectivity index (χ4n) is 3.27. The summed E-state index contributed by atoms with van der Waals surface area (Å²) >= 11 is 0. The van der Waals surface area contributed by atoms with Crippen molar-refractivity contribution >= 4 is 10.9 Å². The first kappa shape index (κ1) is 12.7. The molecule has 1 aromatic carbocycles. The third-order valence-corrected chi connectivity index (χ3v) is 4.47. The highest BCUT2D eigenvalue weighted by Crippen LogP contribution is 2.27. The SMILES string of the molecule is c1coc(-c2ccc3[nH]cc(CCN4CCCC4)c3c2)c1. The van der Waals surface area contributed by atoms with Gasteiger partial charge in [-0.1, -0.05) is 0 Å². The number of rotatable bonds is 4. The van der Waals surface area contributed by atoms with E-state index in [1.807, 2.05) is 12.1 Å². The molecular weight excluding hydrogens is 260 g/mol. The second kappa shape index (κ2) is 5.41. The maximum Gasteiger partial charge on any atom is 0.133 e. The highest BCUT2D eigenvalue weighted by molar-refractivity contribution is 5.87. The van der Waals surface area contributed by atoms with Crippen LogP contribution in [0.1, 0.15) is 18.4 Å². The molecule has 1 fully saturated rings. The lowest BCUT2D eigenvalue weighted by molar-refractivity contribution is 0.344. The summed E-state index contributed by atoms with van der Waals surface area (Å²) < 4.78 is 5.51. The first-order valence-electron chi connectivity index (χ1n) is 7.76. The van der Waals surface area contributed by atoms with Crippen molar-refractivity contribution in [1.82, 2.24) is 9.88 Å². The van der Waals surface area contributed by atoms with Crippen molar-refractivity contribution in [2.75, 3.05) is 19.6 Å². The molecule has 1 saturated heterocycles. The summed E-state index contributed by atoms with van der Waals surface area (Å²) in [6.07, 6.45) is 7.71. The molecule has 0 atom stereocenters. The van der Waals surface area contributed by atoms with Gasteiger partial charge in [0.1, 0.15) is 5.76 Å². The molecule has 0 aliphatic carbocycles. The fraction of sp³-hybridized carbons (Fsp3) is 0.333. The number of aromatic nitrogens is 1. The van der Waals surface area contributed by atoms with Gasteiger partial charge in [0.25, 0.3) is 0 Å². The number of aromatic amines is 1. The normalized spacial score (nSPS) is 16.0. The molecule has 0 amide bonds. The Kier molecular flexibility index (Phi) is 3.28. The van der Waals surface area contributed by atoms with Crippen molar-refractivity contribution in [2.45, 2.75) is 19.3 Å². The fourth-order valence-corrected chi connectivity index (χ4v) is 3.27. The number of nitrogens with zero attached hydrogens (tertiary/aromatic N) is 1. The Balaban J connectivity index is 1.61. The quantitative estimate of drug-likeness (QED) is 0.781. The largest absolute Gasteiger partial charge is 0.464 e. The van der Waals surface area contributed by atoms with E-state index >= 15 is 0 Å². The van der Waals surface area contributed by atoms with E-state index in [1.165, 1.54) is 42.4 Å². The summed E-state index contributed by atoms with van der Waals surface area (Å²) in [6.45, 7) is 3.69. The van der Waals surface area contributed by atoms with Crippen molar-refractivity contribution in [3.05, 3.63) is 48.4 Å². The van der Waals surface area contributed by atoms with Crippen molar-refractivity contribution < 1.29 is 4.42 Å². The van der Waals surface area contributed by atoms with Crippen LogP contribution in [0.3, 0.4) is 0 Å². The third kappa shape index (κ3) is 2.49. The van der Waals surface area contributed by atoms with Crippen LogP contribution in [0.4, 0.5) is 0 Å². The number of H-pyrrole nitrogens is 1. The highest BCUT2D eigenvalue weighted by atomic mass is 16.3. The lowest BCUT2D eigenvalue weighted by atomic mass is 10.1. The summed E-state index contributed by atoms with van der Waals surface area (Å²) in [5.41, 5.74) is 3.77. The number of hydrogen-bond donors (Lipinski definition) is 1. The summed E-state index contributed by atoms with van der Waals surface area (Å²) in [6, 6.07) is 10.4. The van der Waals surface area contributed by atoms with Gasteiger partial charge in [-0.15, -0.1) is 0 Å². The lowest BCUT2D eigenvalue weighted by Gasteiger charge is -2.13. The van der Waals surface area contributed by atoms with Gasteiger partial charge in [-0.2, -0.15) is 0 Å². The Morgan fingerprint density at radius 1 is 1.14 bits per heavy atom.